The third-order valence-electron chi connectivity index (χ3n) is 1.81. The molecule has 4 nitrogen and oxygen atoms in total. The number of halogens is 2. The highest BCUT2D eigenvalue weighted by atomic mass is 79.9. The number of rotatable bonds is 5. The lowest BCUT2D eigenvalue weighted by Crippen LogP contribution is -2.29. The Morgan fingerprint density at radius 1 is 1.59 bits per heavy atom. The van der Waals surface area contributed by atoms with Crippen molar-refractivity contribution in [1.29, 1.82) is 5.26 Å². The van der Waals surface area contributed by atoms with Gasteiger partial charge >= 0.3 is 0 Å². The molecule has 0 aliphatic rings. The molecule has 1 rings (SSSR count). The molecule has 1 aromatic carbocycles. The molecule has 1 amide bonds. The molecule has 0 aliphatic carbocycles. The summed E-state index contributed by atoms with van der Waals surface area (Å²) >= 11 is 9.18. The third kappa shape index (κ3) is 5.07. The molecule has 90 valence electrons. The van der Waals surface area contributed by atoms with Crippen LogP contribution in [0.5, 0.6) is 5.75 Å². The minimum atomic E-state index is -0.278. The summed E-state index contributed by atoms with van der Waals surface area (Å²) in [6, 6.07) is 7.06. The van der Waals surface area contributed by atoms with Crippen molar-refractivity contribution in [2.45, 2.75) is 6.42 Å². The van der Waals surface area contributed by atoms with E-state index in [1.807, 2.05) is 6.07 Å². The Bertz CT molecular complexity index is 446. The highest BCUT2D eigenvalue weighted by Gasteiger charge is 2.05. The first-order chi connectivity index (χ1) is 8.13. The van der Waals surface area contributed by atoms with E-state index in [1.165, 1.54) is 0 Å². The van der Waals surface area contributed by atoms with Crippen molar-refractivity contribution < 1.29 is 9.53 Å². The normalized spacial score (nSPS) is 9.47. The van der Waals surface area contributed by atoms with Gasteiger partial charge in [0.05, 0.1) is 17.5 Å². The second kappa shape index (κ2) is 7.15. The number of ether oxygens (including phenoxy) is 1. The minimum absolute atomic E-state index is 0.118. The van der Waals surface area contributed by atoms with Crippen molar-refractivity contribution in [1.82, 2.24) is 5.32 Å². The Labute approximate surface area is 113 Å². The Morgan fingerprint density at radius 3 is 3.00 bits per heavy atom. The number of carbonyl (C=O) groups excluding carboxylic acids is 1. The fourth-order valence-corrected chi connectivity index (χ4v) is 1.77. The van der Waals surface area contributed by atoms with Gasteiger partial charge in [-0.25, -0.2) is 0 Å². The lowest BCUT2D eigenvalue weighted by Gasteiger charge is -2.08. The quantitative estimate of drug-likeness (QED) is 0.849. The van der Waals surface area contributed by atoms with Crippen LogP contribution in [0.15, 0.2) is 22.7 Å². The molecular weight excluding hydrogens is 307 g/mol. The summed E-state index contributed by atoms with van der Waals surface area (Å²) in [6.07, 6.45) is 0.283. The average molecular weight is 318 g/mol. The third-order valence-corrected chi connectivity index (χ3v) is 2.60. The molecule has 0 saturated heterocycles. The molecule has 0 spiro atoms. The number of amides is 1. The molecule has 0 bridgehead atoms. The van der Waals surface area contributed by atoms with Gasteiger partial charge in [0.2, 0.25) is 0 Å². The maximum Gasteiger partial charge on any atom is 0.257 e. The topological polar surface area (TPSA) is 62.1 Å². The monoisotopic (exact) mass is 316 g/mol. The minimum Gasteiger partial charge on any atom is -0.482 e. The molecule has 6 heteroatoms. The van der Waals surface area contributed by atoms with Crippen LogP contribution in [-0.2, 0) is 4.79 Å². The van der Waals surface area contributed by atoms with E-state index in [4.69, 9.17) is 21.6 Å². The van der Waals surface area contributed by atoms with E-state index in [2.05, 4.69) is 21.2 Å². The lowest BCUT2D eigenvalue weighted by atomic mass is 10.3. The summed E-state index contributed by atoms with van der Waals surface area (Å²) in [5.41, 5.74) is 0. The maximum absolute atomic E-state index is 11.3. The van der Waals surface area contributed by atoms with Crippen LogP contribution in [0.4, 0.5) is 0 Å². The summed E-state index contributed by atoms with van der Waals surface area (Å²) in [5, 5.41) is 11.3. The number of nitrogens with one attached hydrogen (secondary N) is 1. The number of nitriles is 1. The van der Waals surface area contributed by atoms with Crippen molar-refractivity contribution >= 4 is 33.4 Å². The van der Waals surface area contributed by atoms with E-state index in [1.54, 1.807) is 18.2 Å². The number of nitrogens with zero attached hydrogens (tertiary/aromatic N) is 1. The van der Waals surface area contributed by atoms with Crippen LogP contribution >= 0.6 is 27.5 Å². The molecule has 0 fully saturated rings. The standard InChI is InChI=1S/C11H10BrClN2O2/c12-8-2-3-10(9(13)6-8)17-7-11(16)15-5-1-4-14/h2-3,6H,1,5,7H2,(H,15,16). The van der Waals surface area contributed by atoms with E-state index >= 15 is 0 Å². The van der Waals surface area contributed by atoms with Gasteiger partial charge in [-0.15, -0.1) is 0 Å². The zero-order valence-electron chi connectivity index (χ0n) is 8.87. The zero-order chi connectivity index (χ0) is 12.7. The summed E-state index contributed by atoms with van der Waals surface area (Å²) in [4.78, 5) is 11.3. The highest BCUT2D eigenvalue weighted by Crippen LogP contribution is 2.27. The fourth-order valence-electron chi connectivity index (χ4n) is 1.04. The van der Waals surface area contributed by atoms with Crippen molar-refractivity contribution in [3.63, 3.8) is 0 Å². The summed E-state index contributed by atoms with van der Waals surface area (Å²) in [6.45, 7) is 0.208. The predicted molar refractivity (Wildman–Crippen MR) is 67.9 cm³/mol. The molecule has 0 aromatic heterocycles. The van der Waals surface area contributed by atoms with Crippen molar-refractivity contribution in [2.75, 3.05) is 13.2 Å². The molecule has 0 unspecified atom stereocenters. The molecular formula is C11H10BrClN2O2. The lowest BCUT2D eigenvalue weighted by molar-refractivity contribution is -0.123. The number of hydrogen-bond acceptors (Lipinski definition) is 3. The van der Waals surface area contributed by atoms with Gasteiger partial charge in [-0.05, 0) is 18.2 Å². The summed E-state index contributed by atoms with van der Waals surface area (Å²) in [7, 11) is 0. The smallest absolute Gasteiger partial charge is 0.257 e. The van der Waals surface area contributed by atoms with Crippen molar-refractivity contribution in [3.8, 4) is 11.8 Å². The van der Waals surface area contributed by atoms with Crippen LogP contribution in [0.25, 0.3) is 0 Å². The average Bonchev–Trinajstić information content (AvgIpc) is 2.28. The maximum atomic E-state index is 11.3. The van der Waals surface area contributed by atoms with Crippen LogP contribution in [0.3, 0.4) is 0 Å². The van der Waals surface area contributed by atoms with Crippen molar-refractivity contribution in [2.24, 2.45) is 0 Å². The van der Waals surface area contributed by atoms with E-state index in [0.717, 1.165) is 4.47 Å². The first-order valence-corrected chi connectivity index (χ1v) is 6.02. The SMILES string of the molecule is N#CCCNC(=O)COc1ccc(Br)cc1Cl. The molecule has 0 aliphatic heterocycles. The van der Waals surface area contributed by atoms with E-state index < -0.39 is 0 Å². The van der Waals surface area contributed by atoms with Gasteiger partial charge in [0.15, 0.2) is 6.61 Å². The van der Waals surface area contributed by atoms with Crippen LogP contribution < -0.4 is 10.1 Å². The van der Waals surface area contributed by atoms with Crippen LogP contribution in [-0.4, -0.2) is 19.1 Å². The van der Waals surface area contributed by atoms with Gasteiger partial charge in [0.1, 0.15) is 5.75 Å². The van der Waals surface area contributed by atoms with Gasteiger partial charge in [-0.3, -0.25) is 4.79 Å². The number of benzene rings is 1. The largest absolute Gasteiger partial charge is 0.482 e. The molecule has 0 saturated carbocycles. The first-order valence-electron chi connectivity index (χ1n) is 4.85. The summed E-state index contributed by atoms with van der Waals surface area (Å²) in [5.74, 6) is 0.171. The molecule has 0 radical (unpaired) electrons. The van der Waals surface area contributed by atoms with Crippen molar-refractivity contribution in [3.05, 3.63) is 27.7 Å². The Morgan fingerprint density at radius 2 is 2.35 bits per heavy atom. The molecule has 0 heterocycles. The van der Waals surface area contributed by atoms with E-state index in [-0.39, 0.29) is 18.9 Å². The number of hydrogen-bond donors (Lipinski definition) is 1. The Hall–Kier alpha value is -1.25. The van der Waals surface area contributed by atoms with E-state index in [0.29, 0.717) is 17.3 Å². The van der Waals surface area contributed by atoms with E-state index in [9.17, 15) is 4.79 Å². The fraction of sp³-hybridized carbons (Fsp3) is 0.273. The predicted octanol–water partition coefficient (Wildman–Crippen LogP) is 2.51. The van der Waals surface area contributed by atoms with Crippen LogP contribution in [0.1, 0.15) is 6.42 Å². The van der Waals surface area contributed by atoms with Gasteiger partial charge in [-0.2, -0.15) is 5.26 Å². The zero-order valence-corrected chi connectivity index (χ0v) is 11.2. The van der Waals surface area contributed by atoms with Gasteiger partial charge in [0, 0.05) is 11.0 Å². The van der Waals surface area contributed by atoms with Crippen LogP contribution in [0, 0.1) is 11.3 Å². The first kappa shape index (κ1) is 13.8. The van der Waals surface area contributed by atoms with Crippen LogP contribution in [0.2, 0.25) is 5.02 Å². The molecule has 1 N–H and O–H groups in total. The highest BCUT2D eigenvalue weighted by molar-refractivity contribution is 9.10. The van der Waals surface area contributed by atoms with Gasteiger partial charge < -0.3 is 10.1 Å². The Kier molecular flexibility index (Phi) is 5.81. The summed E-state index contributed by atoms with van der Waals surface area (Å²) < 4.78 is 6.08. The van der Waals surface area contributed by atoms with Gasteiger partial charge in [-0.1, -0.05) is 27.5 Å². The number of carbonyl (C=O) groups is 1. The molecule has 17 heavy (non-hydrogen) atoms. The van der Waals surface area contributed by atoms with Gasteiger partial charge in [0.25, 0.3) is 5.91 Å². The molecule has 0 atom stereocenters. The second-order valence-electron chi connectivity index (χ2n) is 3.12. The second-order valence-corrected chi connectivity index (χ2v) is 4.44. The molecule has 1 aromatic rings. The Balaban J connectivity index is 2.40.